The average Bonchev–Trinajstić information content (AvgIpc) is 2.62. The highest BCUT2D eigenvalue weighted by atomic mass is 16.7. The molecule has 0 radical (unpaired) electrons. The summed E-state index contributed by atoms with van der Waals surface area (Å²) in [5.41, 5.74) is -0.0353. The molecule has 1 fully saturated rings. The van der Waals surface area contributed by atoms with Gasteiger partial charge in [-0.05, 0) is 6.07 Å². The van der Waals surface area contributed by atoms with Crippen LogP contribution < -0.4 is 14.9 Å². The Morgan fingerprint density at radius 1 is 1.12 bits per heavy atom. The summed E-state index contributed by atoms with van der Waals surface area (Å²) in [7, 11) is 1.37. The Morgan fingerprint density at radius 2 is 1.88 bits per heavy atom. The second-order valence-corrected chi connectivity index (χ2v) is 5.60. The summed E-state index contributed by atoms with van der Waals surface area (Å²) in [4.78, 5) is 11.9. The minimum atomic E-state index is -1.57. The maximum Gasteiger partial charge on any atom is 0.229 e. The highest BCUT2D eigenvalue weighted by Crippen LogP contribution is 2.34. The normalized spacial score (nSPS) is 29.6. The molecule has 5 atom stereocenters. The minimum absolute atomic E-state index is 0.0914. The molecule has 4 N–H and O–H groups in total. The van der Waals surface area contributed by atoms with E-state index in [-0.39, 0.29) is 27.9 Å². The average molecular weight is 354 g/mol. The number of benzene rings is 1. The molecule has 1 aromatic carbocycles. The molecular formula is C16H18O9. The van der Waals surface area contributed by atoms with E-state index in [1.165, 1.54) is 31.6 Å². The Kier molecular flexibility index (Phi) is 4.93. The molecule has 3 rings (SSSR count). The van der Waals surface area contributed by atoms with Gasteiger partial charge in [-0.3, -0.25) is 4.79 Å². The Balaban J connectivity index is 1.95. The summed E-state index contributed by atoms with van der Waals surface area (Å²) < 4.78 is 21.3. The van der Waals surface area contributed by atoms with Crippen LogP contribution in [0.2, 0.25) is 0 Å². The van der Waals surface area contributed by atoms with E-state index < -0.39 is 37.3 Å². The van der Waals surface area contributed by atoms with Crippen LogP contribution in [-0.2, 0) is 4.74 Å². The quantitative estimate of drug-likeness (QED) is 0.543. The highest BCUT2D eigenvalue weighted by molar-refractivity contribution is 5.80. The maximum atomic E-state index is 11.9. The van der Waals surface area contributed by atoms with Crippen LogP contribution in [0.3, 0.4) is 0 Å². The molecule has 1 aliphatic heterocycles. The van der Waals surface area contributed by atoms with Gasteiger partial charge in [-0.1, -0.05) is 0 Å². The topological polar surface area (TPSA) is 139 Å². The SMILES string of the molecule is COc1cc2c(=O)ccoc2cc1OC1OC(CO)C(O)C(O)C1O. The van der Waals surface area contributed by atoms with Crippen molar-refractivity contribution in [3.63, 3.8) is 0 Å². The first-order valence-corrected chi connectivity index (χ1v) is 7.53. The van der Waals surface area contributed by atoms with Gasteiger partial charge in [0.25, 0.3) is 0 Å². The van der Waals surface area contributed by atoms with Crippen molar-refractivity contribution in [2.75, 3.05) is 13.7 Å². The summed E-state index contributed by atoms with van der Waals surface area (Å²) in [5, 5.41) is 39.1. The zero-order chi connectivity index (χ0) is 18.1. The molecule has 0 amide bonds. The summed E-state index contributed by atoms with van der Waals surface area (Å²) in [6.07, 6.45) is -5.88. The van der Waals surface area contributed by atoms with Crippen LogP contribution in [0, 0.1) is 0 Å². The molecule has 0 spiro atoms. The molecule has 1 aliphatic rings. The number of hydrogen-bond donors (Lipinski definition) is 4. The largest absolute Gasteiger partial charge is 0.493 e. The molecular weight excluding hydrogens is 336 g/mol. The molecule has 2 aromatic rings. The van der Waals surface area contributed by atoms with Gasteiger partial charge in [-0.2, -0.15) is 0 Å². The lowest BCUT2D eigenvalue weighted by Crippen LogP contribution is -2.60. The fourth-order valence-corrected chi connectivity index (χ4v) is 2.63. The molecule has 9 heteroatoms. The summed E-state index contributed by atoms with van der Waals surface area (Å²) in [6, 6.07) is 4.07. The third-order valence-corrected chi connectivity index (χ3v) is 4.04. The third kappa shape index (κ3) is 3.20. The van der Waals surface area contributed by atoms with E-state index in [9.17, 15) is 25.2 Å². The van der Waals surface area contributed by atoms with Gasteiger partial charge in [0.1, 0.15) is 30.0 Å². The number of rotatable bonds is 4. The third-order valence-electron chi connectivity index (χ3n) is 4.04. The minimum Gasteiger partial charge on any atom is -0.493 e. The van der Waals surface area contributed by atoms with Crippen molar-refractivity contribution in [3.05, 3.63) is 34.7 Å². The fourth-order valence-electron chi connectivity index (χ4n) is 2.63. The highest BCUT2D eigenvalue weighted by Gasteiger charge is 2.45. The molecule has 1 aromatic heterocycles. The van der Waals surface area contributed by atoms with E-state index in [2.05, 4.69) is 0 Å². The van der Waals surface area contributed by atoms with Crippen LogP contribution in [0.5, 0.6) is 11.5 Å². The molecule has 0 bridgehead atoms. The Morgan fingerprint density at radius 3 is 2.56 bits per heavy atom. The van der Waals surface area contributed by atoms with Gasteiger partial charge in [0.05, 0.1) is 25.4 Å². The van der Waals surface area contributed by atoms with Crippen molar-refractivity contribution in [1.29, 1.82) is 0 Å². The number of ether oxygens (including phenoxy) is 3. The lowest BCUT2D eigenvalue weighted by atomic mass is 9.99. The van der Waals surface area contributed by atoms with Crippen molar-refractivity contribution in [1.82, 2.24) is 0 Å². The van der Waals surface area contributed by atoms with E-state index in [1.807, 2.05) is 0 Å². The molecule has 5 unspecified atom stereocenters. The van der Waals surface area contributed by atoms with Crippen LogP contribution in [0.15, 0.2) is 33.7 Å². The molecule has 25 heavy (non-hydrogen) atoms. The number of hydrogen-bond acceptors (Lipinski definition) is 9. The van der Waals surface area contributed by atoms with Crippen LogP contribution in [-0.4, -0.2) is 64.8 Å². The Bertz CT molecular complexity index is 800. The van der Waals surface area contributed by atoms with E-state index in [1.54, 1.807) is 0 Å². The van der Waals surface area contributed by atoms with Crippen LogP contribution >= 0.6 is 0 Å². The van der Waals surface area contributed by atoms with Gasteiger partial charge in [0, 0.05) is 12.1 Å². The molecule has 136 valence electrons. The van der Waals surface area contributed by atoms with Crippen LogP contribution in [0.25, 0.3) is 11.0 Å². The van der Waals surface area contributed by atoms with Crippen molar-refractivity contribution < 1.29 is 39.1 Å². The fraction of sp³-hybridized carbons (Fsp3) is 0.438. The number of aliphatic hydroxyl groups excluding tert-OH is 4. The number of fused-ring (bicyclic) bond motifs is 1. The van der Waals surface area contributed by atoms with Crippen LogP contribution in [0.1, 0.15) is 0 Å². The monoisotopic (exact) mass is 354 g/mol. The molecule has 9 nitrogen and oxygen atoms in total. The van der Waals surface area contributed by atoms with E-state index in [0.29, 0.717) is 0 Å². The van der Waals surface area contributed by atoms with Crippen molar-refractivity contribution in [2.45, 2.75) is 30.7 Å². The Labute approximate surface area is 141 Å². The molecule has 1 saturated heterocycles. The van der Waals surface area contributed by atoms with Crippen molar-refractivity contribution in [2.24, 2.45) is 0 Å². The van der Waals surface area contributed by atoms with Gasteiger partial charge in [-0.15, -0.1) is 0 Å². The number of aliphatic hydroxyl groups is 4. The van der Waals surface area contributed by atoms with Gasteiger partial charge in [-0.25, -0.2) is 0 Å². The lowest BCUT2D eigenvalue weighted by molar-refractivity contribution is -0.277. The van der Waals surface area contributed by atoms with Gasteiger partial charge < -0.3 is 39.1 Å². The summed E-state index contributed by atoms with van der Waals surface area (Å²) >= 11 is 0. The van der Waals surface area contributed by atoms with E-state index in [0.717, 1.165) is 0 Å². The first-order valence-electron chi connectivity index (χ1n) is 7.53. The van der Waals surface area contributed by atoms with Crippen molar-refractivity contribution in [3.8, 4) is 11.5 Å². The zero-order valence-corrected chi connectivity index (χ0v) is 13.2. The van der Waals surface area contributed by atoms with Gasteiger partial charge in [0.15, 0.2) is 16.9 Å². The zero-order valence-electron chi connectivity index (χ0n) is 13.2. The smallest absolute Gasteiger partial charge is 0.229 e. The molecule has 2 heterocycles. The maximum absolute atomic E-state index is 11.9. The standard InChI is InChI=1S/C16H18O9/c1-22-10-4-7-8(18)2-3-23-9(7)5-11(10)24-16-15(21)14(20)13(19)12(6-17)25-16/h2-5,12-17,19-21H,6H2,1H3. The lowest BCUT2D eigenvalue weighted by Gasteiger charge is -2.39. The van der Waals surface area contributed by atoms with Gasteiger partial charge in [0.2, 0.25) is 6.29 Å². The molecule has 0 aliphatic carbocycles. The second kappa shape index (κ2) is 6.98. The van der Waals surface area contributed by atoms with Crippen LogP contribution in [0.4, 0.5) is 0 Å². The summed E-state index contributed by atoms with van der Waals surface area (Å²) in [6.45, 7) is -0.575. The van der Waals surface area contributed by atoms with E-state index in [4.69, 9.17) is 18.6 Å². The van der Waals surface area contributed by atoms with Gasteiger partial charge >= 0.3 is 0 Å². The predicted octanol–water partition coefficient (Wildman–Crippen LogP) is -1.02. The summed E-state index contributed by atoms with van der Waals surface area (Å²) in [5.74, 6) is 0.275. The first kappa shape index (κ1) is 17.6. The first-order chi connectivity index (χ1) is 12.0. The second-order valence-electron chi connectivity index (χ2n) is 5.60. The van der Waals surface area contributed by atoms with E-state index >= 15 is 0 Å². The molecule has 0 saturated carbocycles. The Hall–Kier alpha value is -2.17. The van der Waals surface area contributed by atoms with Crippen molar-refractivity contribution >= 4 is 11.0 Å². The number of methoxy groups -OCH3 is 1. The predicted molar refractivity (Wildman–Crippen MR) is 83.4 cm³/mol.